The van der Waals surface area contributed by atoms with E-state index < -0.39 is 82.8 Å². The highest BCUT2D eigenvalue weighted by atomic mass is 16.6. The number of ether oxygens (including phenoxy) is 6. The number of amides is 10. The molecule has 0 radical (unpaired) electrons. The third kappa shape index (κ3) is 21.7. The first-order valence-electron chi connectivity index (χ1n) is 34.2. The average molecular weight is 1340 g/mol. The van der Waals surface area contributed by atoms with Crippen molar-refractivity contribution in [2.45, 2.75) is 167 Å². The fraction of sp³-hybridized carbons (Fsp3) is 0.687. The van der Waals surface area contributed by atoms with Crippen LogP contribution in [0.4, 0.5) is 5.69 Å². The second kappa shape index (κ2) is 37.2. The lowest BCUT2D eigenvalue weighted by atomic mass is 9.82. The van der Waals surface area contributed by atoms with Crippen LogP contribution < -0.4 is 42.5 Å². The van der Waals surface area contributed by atoms with E-state index in [1.807, 2.05) is 33.8 Å². The number of carbonyl (C=O) groups is 11. The summed E-state index contributed by atoms with van der Waals surface area (Å²) in [6.45, 7) is 12.6. The van der Waals surface area contributed by atoms with Crippen molar-refractivity contribution in [2.75, 3.05) is 111 Å². The summed E-state index contributed by atoms with van der Waals surface area (Å²) in [4.78, 5) is 157. The first kappa shape index (κ1) is 74.2. The van der Waals surface area contributed by atoms with Gasteiger partial charge in [0.1, 0.15) is 35.6 Å². The molecule has 5 fully saturated rings. The molecule has 4 heterocycles. The minimum atomic E-state index is -1.10. The number of likely N-dealkylation sites (tertiary alicyclic amines) is 1. The predicted molar refractivity (Wildman–Crippen MR) is 346 cm³/mol. The number of aromatic nitrogens is 2. The van der Waals surface area contributed by atoms with Crippen LogP contribution >= 0.6 is 0 Å². The number of imide groups is 1. The van der Waals surface area contributed by atoms with Gasteiger partial charge in [-0.05, 0) is 86.7 Å². The molecule has 1 unspecified atom stereocenters. The molecule has 7 atom stereocenters. The van der Waals surface area contributed by atoms with E-state index in [2.05, 4.69) is 52.5 Å². The summed E-state index contributed by atoms with van der Waals surface area (Å²) in [5, 5.41) is 22.6. The Kier molecular flexibility index (Phi) is 28.8. The van der Waals surface area contributed by atoms with Crippen LogP contribution in [0.25, 0.3) is 0 Å². The Morgan fingerprint density at radius 1 is 0.677 bits per heavy atom. The molecule has 3 aliphatic heterocycles. The highest BCUT2D eigenvalue weighted by Gasteiger charge is 2.53. The standard InChI is InChI=1S/C67H98N12O17/c1-5-11-49(57(82)64(88)73-44-18-19-44)74-63(87)56-45-15-9-14-43(45)40-79(56)66(90)58(67(2,3)4)77-62(86)55(42-12-7-6-8-13-42)76-60(84)51-39-71-50(38-72-51)59(83)70-25-29-94-32-31-93-28-24-69-53(80)22-26-91-30-34-95-36-37-96-35-33-92-27-23-68-48-17-10-16-46-47(48)41-78(65(46)89)52-20-21-54(81)75-61(52)85/h10,16-17,38-39,42-45,49,52,55-56,58,68H,5-9,11-15,18-37,40-41H2,1-4H3,(H,69,80)(H,70,83)(H,73,88)(H,74,87)(H,76,84)(H,77,86)(H,75,81,85)/t43-,45-,49-,52?,55-,56-,58+/m0/s1. The van der Waals surface area contributed by atoms with E-state index in [1.54, 1.807) is 17.0 Å². The topological polar surface area (TPSA) is 372 Å². The first-order chi connectivity index (χ1) is 46.3. The van der Waals surface area contributed by atoms with Crippen LogP contribution in [-0.2, 0) is 73.3 Å². The Morgan fingerprint density at radius 2 is 1.30 bits per heavy atom. The number of piperidine rings is 1. The molecule has 3 aliphatic carbocycles. The Morgan fingerprint density at radius 3 is 1.93 bits per heavy atom. The fourth-order valence-corrected chi connectivity index (χ4v) is 13.0. The summed E-state index contributed by atoms with van der Waals surface area (Å²) in [5.41, 5.74) is 1.14. The molecule has 528 valence electrons. The molecule has 8 N–H and O–H groups in total. The number of carbonyl (C=O) groups excluding carboxylic acids is 11. The number of rotatable bonds is 40. The lowest BCUT2D eigenvalue weighted by Gasteiger charge is -2.38. The van der Waals surface area contributed by atoms with Gasteiger partial charge in [-0.25, -0.2) is 9.97 Å². The van der Waals surface area contributed by atoms with Crippen molar-refractivity contribution in [2.24, 2.45) is 23.2 Å². The van der Waals surface area contributed by atoms with Crippen LogP contribution in [0, 0.1) is 23.2 Å². The van der Waals surface area contributed by atoms with Crippen molar-refractivity contribution < 1.29 is 81.2 Å². The van der Waals surface area contributed by atoms with E-state index in [0.29, 0.717) is 104 Å². The number of nitrogens with one attached hydrogen (secondary N) is 8. The quantitative estimate of drug-likeness (QED) is 0.0267. The van der Waals surface area contributed by atoms with Gasteiger partial charge in [0, 0.05) is 68.4 Å². The van der Waals surface area contributed by atoms with E-state index in [1.165, 1.54) is 11.1 Å². The Bertz CT molecular complexity index is 3010. The molecule has 2 aromatic rings. The summed E-state index contributed by atoms with van der Waals surface area (Å²) < 4.78 is 33.4. The molecule has 29 nitrogen and oxygen atoms in total. The van der Waals surface area contributed by atoms with Crippen molar-refractivity contribution >= 4 is 70.5 Å². The average Bonchev–Trinajstić information content (AvgIpc) is 1.60. The number of nitrogens with zero attached hydrogens (tertiary/aromatic N) is 4. The minimum absolute atomic E-state index is 0.0309. The Hall–Kier alpha value is -7.57. The van der Waals surface area contributed by atoms with Crippen LogP contribution in [0.2, 0.25) is 0 Å². The van der Waals surface area contributed by atoms with E-state index in [0.717, 1.165) is 62.4 Å². The number of Topliss-reactive ketones (excluding diaryl/α,β-unsaturated/α-hetero) is 1. The van der Waals surface area contributed by atoms with Crippen molar-refractivity contribution in [1.29, 1.82) is 0 Å². The summed E-state index contributed by atoms with van der Waals surface area (Å²) in [5.74, 6) is -5.68. The third-order valence-electron chi connectivity index (χ3n) is 18.2. The molecule has 0 bridgehead atoms. The van der Waals surface area contributed by atoms with Crippen LogP contribution in [0.5, 0.6) is 0 Å². The normalized spacial score (nSPS) is 20.3. The smallest absolute Gasteiger partial charge is 0.289 e. The van der Waals surface area contributed by atoms with Crippen molar-refractivity contribution in [3.8, 4) is 0 Å². The summed E-state index contributed by atoms with van der Waals surface area (Å²) in [6.07, 6.45) is 11.8. The number of anilines is 1. The summed E-state index contributed by atoms with van der Waals surface area (Å²) >= 11 is 0. The van der Waals surface area contributed by atoms with E-state index in [4.69, 9.17) is 28.4 Å². The van der Waals surface area contributed by atoms with Crippen LogP contribution in [0.15, 0.2) is 30.6 Å². The highest BCUT2D eigenvalue weighted by Crippen LogP contribution is 2.43. The lowest BCUT2D eigenvalue weighted by Crippen LogP contribution is -2.62. The van der Waals surface area contributed by atoms with Crippen LogP contribution in [0.1, 0.15) is 161 Å². The molecule has 8 rings (SSSR count). The van der Waals surface area contributed by atoms with Crippen molar-refractivity contribution in [3.05, 3.63) is 53.1 Å². The number of hydrogen-bond acceptors (Lipinski definition) is 20. The van der Waals surface area contributed by atoms with Gasteiger partial charge in [-0.3, -0.25) is 58.1 Å². The highest BCUT2D eigenvalue weighted by molar-refractivity contribution is 6.38. The number of hydrogen-bond donors (Lipinski definition) is 8. The second-order valence-corrected chi connectivity index (χ2v) is 26.4. The zero-order chi connectivity index (χ0) is 68.6. The van der Waals surface area contributed by atoms with Crippen molar-refractivity contribution in [3.63, 3.8) is 0 Å². The maximum atomic E-state index is 14.9. The van der Waals surface area contributed by atoms with E-state index in [9.17, 15) is 52.7 Å². The molecule has 3 saturated carbocycles. The monoisotopic (exact) mass is 1340 g/mol. The SMILES string of the molecule is CCC[C@H](NC(=O)[C@@H]1[C@H]2CCC[C@H]2CN1C(=O)[C@@H](NC(=O)[C@@H](NC(=O)c1cnc(C(=O)NCCOCCOCCNC(=O)CCOCCOCCOCCOCCNc2cccc3c2CN(C2CCC(=O)NC2=O)C3=O)cn1)C1CCCCC1)C(C)(C)C)C(=O)C(=O)NC1CC1. The zero-order valence-corrected chi connectivity index (χ0v) is 55.9. The summed E-state index contributed by atoms with van der Waals surface area (Å²) in [7, 11) is 0. The number of benzene rings is 1. The molecule has 29 heteroatoms. The van der Waals surface area contributed by atoms with Gasteiger partial charge in [-0.2, -0.15) is 0 Å². The maximum absolute atomic E-state index is 14.9. The van der Waals surface area contributed by atoms with Gasteiger partial charge < -0.3 is 75.4 Å². The molecule has 6 aliphatic rings. The second-order valence-electron chi connectivity index (χ2n) is 26.4. The molecule has 0 spiro atoms. The largest absolute Gasteiger partial charge is 0.382 e. The van der Waals surface area contributed by atoms with Gasteiger partial charge in [0.2, 0.25) is 41.2 Å². The van der Waals surface area contributed by atoms with Gasteiger partial charge in [-0.1, -0.05) is 65.9 Å². The molecular weight excluding hydrogens is 1240 g/mol. The van der Waals surface area contributed by atoms with E-state index in [-0.39, 0.29) is 118 Å². The molecule has 1 aromatic heterocycles. The van der Waals surface area contributed by atoms with Crippen molar-refractivity contribution in [1.82, 2.24) is 57.0 Å². The zero-order valence-electron chi connectivity index (χ0n) is 55.9. The predicted octanol–water partition coefficient (Wildman–Crippen LogP) is 1.65. The Labute approximate surface area is 560 Å². The van der Waals surface area contributed by atoms with Crippen LogP contribution in [0.3, 0.4) is 0 Å². The van der Waals surface area contributed by atoms with E-state index >= 15 is 0 Å². The maximum Gasteiger partial charge on any atom is 0.289 e. The fourth-order valence-electron chi connectivity index (χ4n) is 13.0. The van der Waals surface area contributed by atoms with Gasteiger partial charge >= 0.3 is 0 Å². The third-order valence-corrected chi connectivity index (χ3v) is 18.2. The molecule has 1 aromatic carbocycles. The van der Waals surface area contributed by atoms with Gasteiger partial charge in [0.15, 0.2) is 0 Å². The lowest BCUT2D eigenvalue weighted by molar-refractivity contribution is -0.146. The first-order valence-corrected chi connectivity index (χ1v) is 34.2. The van der Waals surface area contributed by atoms with Gasteiger partial charge in [0.25, 0.3) is 23.6 Å². The number of fused-ring (bicyclic) bond motifs is 2. The van der Waals surface area contributed by atoms with Gasteiger partial charge in [-0.15, -0.1) is 0 Å². The molecule has 96 heavy (non-hydrogen) atoms. The Balaban J connectivity index is 0.641. The minimum Gasteiger partial charge on any atom is -0.382 e. The molecular formula is C67H98N12O17. The van der Waals surface area contributed by atoms with Crippen LogP contribution in [-0.4, -0.2) is 226 Å². The summed E-state index contributed by atoms with van der Waals surface area (Å²) in [6, 6.07) is 0.613. The van der Waals surface area contributed by atoms with Gasteiger partial charge in [0.05, 0.1) is 97.7 Å². The molecule has 2 saturated heterocycles. The molecule has 10 amide bonds. The number of ketones is 1.